The van der Waals surface area contributed by atoms with E-state index in [1.165, 1.54) is 6.07 Å². The number of carboxylic acids is 1. The van der Waals surface area contributed by atoms with Gasteiger partial charge in [-0.25, -0.2) is 14.6 Å². The third kappa shape index (κ3) is 2.00. The minimum absolute atomic E-state index is 0.160. The number of nitrogens with zero attached hydrogens (tertiary/aromatic N) is 1. The van der Waals surface area contributed by atoms with Crippen molar-refractivity contribution in [3.63, 3.8) is 0 Å². The van der Waals surface area contributed by atoms with Crippen molar-refractivity contribution in [3.8, 4) is 0 Å². The summed E-state index contributed by atoms with van der Waals surface area (Å²) in [7, 11) is 1.15. The van der Waals surface area contributed by atoms with Gasteiger partial charge in [0.1, 0.15) is 0 Å². The summed E-state index contributed by atoms with van der Waals surface area (Å²) in [6.07, 6.45) is 1.15. The Kier molecular flexibility index (Phi) is 3.03. The SMILES string of the molecule is COC(=O)c1cc(Cl)cnc1C(=O)O. The van der Waals surface area contributed by atoms with Gasteiger partial charge in [-0.1, -0.05) is 11.6 Å². The molecule has 1 N–H and O–H groups in total. The van der Waals surface area contributed by atoms with Crippen LogP contribution in [0.1, 0.15) is 20.8 Å². The summed E-state index contributed by atoms with van der Waals surface area (Å²) in [4.78, 5) is 25.3. The van der Waals surface area contributed by atoms with E-state index in [-0.39, 0.29) is 16.3 Å². The highest BCUT2D eigenvalue weighted by atomic mass is 35.5. The van der Waals surface area contributed by atoms with E-state index >= 15 is 0 Å². The van der Waals surface area contributed by atoms with Crippen molar-refractivity contribution < 1.29 is 19.4 Å². The highest BCUT2D eigenvalue weighted by Gasteiger charge is 2.18. The predicted octanol–water partition coefficient (Wildman–Crippen LogP) is 1.22. The second-order valence-corrected chi connectivity index (χ2v) is 2.78. The molecule has 0 spiro atoms. The van der Waals surface area contributed by atoms with Gasteiger partial charge >= 0.3 is 11.9 Å². The molecule has 0 atom stereocenters. The normalized spacial score (nSPS) is 9.57. The Balaban J connectivity index is 3.29. The molecule has 0 saturated carbocycles. The number of carbonyl (C=O) groups is 2. The lowest BCUT2D eigenvalue weighted by atomic mass is 10.2. The first-order valence-corrected chi connectivity index (χ1v) is 3.91. The second-order valence-electron chi connectivity index (χ2n) is 2.35. The number of aromatic nitrogens is 1. The molecule has 0 aliphatic rings. The van der Waals surface area contributed by atoms with Crippen molar-refractivity contribution in [3.05, 3.63) is 28.5 Å². The molecule has 0 aliphatic heterocycles. The van der Waals surface area contributed by atoms with Gasteiger partial charge in [0.05, 0.1) is 17.7 Å². The number of rotatable bonds is 2. The first kappa shape index (κ1) is 10.5. The first-order chi connectivity index (χ1) is 6.56. The van der Waals surface area contributed by atoms with Crippen molar-refractivity contribution in [1.82, 2.24) is 4.98 Å². The van der Waals surface area contributed by atoms with Crippen molar-refractivity contribution in [1.29, 1.82) is 0 Å². The Bertz CT molecular complexity index is 391. The predicted molar refractivity (Wildman–Crippen MR) is 47.5 cm³/mol. The van der Waals surface area contributed by atoms with Crippen LogP contribution in [-0.2, 0) is 4.74 Å². The van der Waals surface area contributed by atoms with Crippen LogP contribution < -0.4 is 0 Å². The molecular formula is C8H6ClNO4. The highest BCUT2D eigenvalue weighted by Crippen LogP contribution is 2.14. The number of hydrogen-bond donors (Lipinski definition) is 1. The molecule has 0 aliphatic carbocycles. The summed E-state index contributed by atoms with van der Waals surface area (Å²) < 4.78 is 4.38. The van der Waals surface area contributed by atoms with E-state index in [4.69, 9.17) is 16.7 Å². The lowest BCUT2D eigenvalue weighted by molar-refractivity contribution is 0.0580. The maximum absolute atomic E-state index is 11.1. The smallest absolute Gasteiger partial charge is 0.355 e. The Hall–Kier alpha value is -1.62. The molecule has 6 heteroatoms. The summed E-state index contributed by atoms with van der Waals surface area (Å²) in [5.41, 5.74) is -0.534. The summed E-state index contributed by atoms with van der Waals surface area (Å²) in [6.45, 7) is 0. The molecule has 1 rings (SSSR count). The van der Waals surface area contributed by atoms with Gasteiger partial charge in [0, 0.05) is 6.20 Å². The number of halogens is 1. The molecule has 1 aromatic rings. The second kappa shape index (κ2) is 4.06. The maximum Gasteiger partial charge on any atom is 0.355 e. The van der Waals surface area contributed by atoms with Gasteiger partial charge in [-0.3, -0.25) is 0 Å². The fourth-order valence-corrected chi connectivity index (χ4v) is 1.03. The van der Waals surface area contributed by atoms with Gasteiger partial charge < -0.3 is 9.84 Å². The number of ether oxygens (including phenoxy) is 1. The monoisotopic (exact) mass is 215 g/mol. The van der Waals surface area contributed by atoms with Crippen LogP contribution in [0.15, 0.2) is 12.3 Å². The van der Waals surface area contributed by atoms with Crippen LogP contribution in [0, 0.1) is 0 Å². The number of hydrogen-bond acceptors (Lipinski definition) is 4. The summed E-state index contributed by atoms with van der Waals surface area (Å²) in [6, 6.07) is 1.20. The van der Waals surface area contributed by atoms with Gasteiger partial charge in [-0.05, 0) is 6.07 Å². The lowest BCUT2D eigenvalue weighted by Gasteiger charge is -2.02. The third-order valence-corrected chi connectivity index (χ3v) is 1.67. The van der Waals surface area contributed by atoms with Crippen molar-refractivity contribution in [2.75, 3.05) is 7.11 Å². The van der Waals surface area contributed by atoms with Gasteiger partial charge in [0.2, 0.25) is 0 Å². The fraction of sp³-hybridized carbons (Fsp3) is 0.125. The zero-order valence-electron chi connectivity index (χ0n) is 7.15. The minimum Gasteiger partial charge on any atom is -0.476 e. The fourth-order valence-electron chi connectivity index (χ4n) is 0.875. The van der Waals surface area contributed by atoms with E-state index in [0.29, 0.717) is 0 Å². The Morgan fingerprint density at radius 1 is 1.57 bits per heavy atom. The number of esters is 1. The summed E-state index contributed by atoms with van der Waals surface area (Å²) in [5.74, 6) is -2.08. The van der Waals surface area contributed by atoms with E-state index < -0.39 is 11.9 Å². The molecule has 1 heterocycles. The summed E-state index contributed by atoms with van der Waals surface area (Å²) in [5, 5.41) is 8.86. The van der Waals surface area contributed by atoms with E-state index in [1.807, 2.05) is 0 Å². The molecule has 0 radical (unpaired) electrons. The topological polar surface area (TPSA) is 76.5 Å². The van der Waals surface area contributed by atoms with Gasteiger partial charge in [0.25, 0.3) is 0 Å². The number of carboxylic acid groups (broad SMARTS) is 1. The average molecular weight is 216 g/mol. The maximum atomic E-state index is 11.1. The quantitative estimate of drug-likeness (QED) is 0.751. The Labute approximate surface area is 84.3 Å². The molecule has 0 amide bonds. The Morgan fingerprint density at radius 2 is 2.21 bits per heavy atom. The molecular weight excluding hydrogens is 210 g/mol. The van der Waals surface area contributed by atoms with Crippen LogP contribution in [0.3, 0.4) is 0 Å². The van der Waals surface area contributed by atoms with Crippen molar-refractivity contribution in [2.45, 2.75) is 0 Å². The number of methoxy groups -OCH3 is 1. The number of aromatic carboxylic acids is 1. The van der Waals surface area contributed by atoms with Crippen molar-refractivity contribution >= 4 is 23.5 Å². The highest BCUT2D eigenvalue weighted by molar-refractivity contribution is 6.31. The zero-order valence-corrected chi connectivity index (χ0v) is 7.91. The van der Waals surface area contributed by atoms with Crippen LogP contribution in [-0.4, -0.2) is 29.1 Å². The van der Waals surface area contributed by atoms with Crippen LogP contribution in [0.5, 0.6) is 0 Å². The van der Waals surface area contributed by atoms with Gasteiger partial charge in [-0.15, -0.1) is 0 Å². The van der Waals surface area contributed by atoms with Gasteiger partial charge in [-0.2, -0.15) is 0 Å². The van der Waals surface area contributed by atoms with Crippen LogP contribution in [0.4, 0.5) is 0 Å². The summed E-state index contributed by atoms with van der Waals surface area (Å²) >= 11 is 5.56. The standard InChI is InChI=1S/C8H6ClNO4/c1-14-8(13)5-2-4(9)3-10-6(5)7(11)12/h2-3H,1H3,(H,11,12). The van der Waals surface area contributed by atoms with E-state index in [9.17, 15) is 9.59 Å². The van der Waals surface area contributed by atoms with Crippen molar-refractivity contribution in [2.24, 2.45) is 0 Å². The molecule has 74 valence electrons. The molecule has 1 aromatic heterocycles. The largest absolute Gasteiger partial charge is 0.476 e. The Morgan fingerprint density at radius 3 is 2.71 bits per heavy atom. The van der Waals surface area contributed by atoms with E-state index in [2.05, 4.69) is 9.72 Å². The molecule has 0 saturated heterocycles. The van der Waals surface area contributed by atoms with E-state index in [1.54, 1.807) is 0 Å². The lowest BCUT2D eigenvalue weighted by Crippen LogP contribution is -2.11. The molecule has 0 bridgehead atoms. The number of pyridine rings is 1. The molecule has 0 fully saturated rings. The number of carbonyl (C=O) groups excluding carboxylic acids is 1. The molecule has 14 heavy (non-hydrogen) atoms. The first-order valence-electron chi connectivity index (χ1n) is 3.53. The third-order valence-electron chi connectivity index (χ3n) is 1.46. The average Bonchev–Trinajstić information content (AvgIpc) is 2.16. The minimum atomic E-state index is -1.30. The van der Waals surface area contributed by atoms with Crippen LogP contribution >= 0.6 is 11.6 Å². The molecule has 0 aromatic carbocycles. The van der Waals surface area contributed by atoms with Crippen LogP contribution in [0.2, 0.25) is 5.02 Å². The molecule has 0 unspecified atom stereocenters. The molecule has 5 nitrogen and oxygen atoms in total. The van der Waals surface area contributed by atoms with Crippen LogP contribution in [0.25, 0.3) is 0 Å². The van der Waals surface area contributed by atoms with Gasteiger partial charge in [0.15, 0.2) is 5.69 Å². The van der Waals surface area contributed by atoms with E-state index in [0.717, 1.165) is 13.3 Å². The zero-order chi connectivity index (χ0) is 10.7.